The minimum Gasteiger partial charge on any atom is -0.360 e. The number of halogens is 1. The summed E-state index contributed by atoms with van der Waals surface area (Å²) in [7, 11) is 0. The number of piperazine rings is 1. The Hall–Kier alpha value is -2.60. The maximum Gasteiger partial charge on any atom is 0.256 e. The first-order valence-corrected chi connectivity index (χ1v) is 8.18. The minimum atomic E-state index is 0.0391. The Morgan fingerprint density at radius 3 is 2.62 bits per heavy atom. The molecule has 0 bridgehead atoms. The standard InChI is InChI=1S/C17H16ClN5O/c18-12-2-3-13-14(11-21-15(13)10-12)16(24)22-6-8-23(9-7-22)17-19-4-1-5-20-17/h1-5,10-11,21H,6-9H2. The van der Waals surface area contributed by atoms with E-state index in [1.807, 2.05) is 17.0 Å². The zero-order valence-electron chi connectivity index (χ0n) is 12.9. The van der Waals surface area contributed by atoms with Crippen LogP contribution < -0.4 is 4.90 Å². The molecule has 0 saturated carbocycles. The molecule has 122 valence electrons. The number of amides is 1. The Morgan fingerprint density at radius 2 is 1.88 bits per heavy atom. The second kappa shape index (κ2) is 6.13. The maximum atomic E-state index is 12.8. The van der Waals surface area contributed by atoms with Crippen molar-refractivity contribution in [2.75, 3.05) is 31.1 Å². The van der Waals surface area contributed by atoms with Crippen LogP contribution in [0.15, 0.2) is 42.9 Å². The molecule has 1 aromatic carbocycles. The second-order valence-corrected chi connectivity index (χ2v) is 6.16. The summed E-state index contributed by atoms with van der Waals surface area (Å²) in [6.07, 6.45) is 5.23. The van der Waals surface area contributed by atoms with E-state index in [1.165, 1.54) is 0 Å². The van der Waals surface area contributed by atoms with Crippen LogP contribution in [0.4, 0.5) is 5.95 Å². The average molecular weight is 342 g/mol. The lowest BCUT2D eigenvalue weighted by Crippen LogP contribution is -2.49. The van der Waals surface area contributed by atoms with Crippen LogP contribution in [0.1, 0.15) is 10.4 Å². The van der Waals surface area contributed by atoms with Gasteiger partial charge in [-0.3, -0.25) is 4.79 Å². The van der Waals surface area contributed by atoms with Crippen molar-refractivity contribution in [1.29, 1.82) is 0 Å². The quantitative estimate of drug-likeness (QED) is 0.778. The topological polar surface area (TPSA) is 65.1 Å². The third-order valence-electron chi connectivity index (χ3n) is 4.28. The summed E-state index contributed by atoms with van der Waals surface area (Å²) in [6.45, 7) is 2.75. The fourth-order valence-corrected chi connectivity index (χ4v) is 3.18. The molecule has 2 aromatic heterocycles. The van der Waals surface area contributed by atoms with E-state index < -0.39 is 0 Å². The molecule has 6 nitrogen and oxygen atoms in total. The molecule has 3 aromatic rings. The average Bonchev–Trinajstić information content (AvgIpc) is 3.05. The lowest BCUT2D eigenvalue weighted by molar-refractivity contribution is 0.0748. The van der Waals surface area contributed by atoms with Crippen molar-refractivity contribution < 1.29 is 4.79 Å². The summed E-state index contributed by atoms with van der Waals surface area (Å²) < 4.78 is 0. The molecule has 1 aliphatic heterocycles. The normalized spacial score (nSPS) is 15.0. The van der Waals surface area contributed by atoms with E-state index in [9.17, 15) is 4.79 Å². The summed E-state index contributed by atoms with van der Waals surface area (Å²) in [5.74, 6) is 0.753. The Bertz CT molecular complexity index is 871. The van der Waals surface area contributed by atoms with Crippen LogP contribution in [0.5, 0.6) is 0 Å². The van der Waals surface area contributed by atoms with Gasteiger partial charge in [0.15, 0.2) is 0 Å². The van der Waals surface area contributed by atoms with Gasteiger partial charge in [0.25, 0.3) is 5.91 Å². The van der Waals surface area contributed by atoms with Crippen LogP contribution in [-0.2, 0) is 0 Å². The number of anilines is 1. The van der Waals surface area contributed by atoms with Gasteiger partial charge in [0.05, 0.1) is 5.56 Å². The summed E-state index contributed by atoms with van der Waals surface area (Å²) in [4.78, 5) is 28.4. The number of carbonyl (C=O) groups excluding carboxylic acids is 1. The third kappa shape index (κ3) is 2.69. The SMILES string of the molecule is O=C(c1c[nH]c2cc(Cl)ccc12)N1CCN(c2ncccn2)CC1. The number of carbonyl (C=O) groups is 1. The number of aromatic nitrogens is 3. The molecule has 1 fully saturated rings. The first kappa shape index (κ1) is 15.0. The van der Waals surface area contributed by atoms with Gasteiger partial charge in [-0.2, -0.15) is 0 Å². The number of nitrogens with zero attached hydrogens (tertiary/aromatic N) is 4. The maximum absolute atomic E-state index is 12.8. The number of benzene rings is 1. The van der Waals surface area contributed by atoms with Gasteiger partial charge in [-0.05, 0) is 18.2 Å². The molecule has 24 heavy (non-hydrogen) atoms. The second-order valence-electron chi connectivity index (χ2n) is 5.72. The Kier molecular flexibility index (Phi) is 3.82. The minimum absolute atomic E-state index is 0.0391. The fourth-order valence-electron chi connectivity index (χ4n) is 3.01. The number of hydrogen-bond acceptors (Lipinski definition) is 4. The largest absolute Gasteiger partial charge is 0.360 e. The van der Waals surface area contributed by atoms with Crippen LogP contribution >= 0.6 is 11.6 Å². The predicted octanol–water partition coefficient (Wildman–Crippen LogP) is 2.57. The summed E-state index contributed by atoms with van der Waals surface area (Å²) in [5, 5.41) is 1.55. The van der Waals surface area contributed by atoms with Crippen molar-refractivity contribution in [1.82, 2.24) is 19.9 Å². The number of aromatic amines is 1. The van der Waals surface area contributed by atoms with Gasteiger partial charge in [0.2, 0.25) is 5.95 Å². The molecule has 7 heteroatoms. The lowest BCUT2D eigenvalue weighted by Gasteiger charge is -2.34. The monoisotopic (exact) mass is 341 g/mol. The molecule has 1 N–H and O–H groups in total. The van der Waals surface area contributed by atoms with Crippen molar-refractivity contribution >= 4 is 34.4 Å². The Morgan fingerprint density at radius 1 is 1.12 bits per heavy atom. The highest BCUT2D eigenvalue weighted by Gasteiger charge is 2.24. The number of hydrogen-bond donors (Lipinski definition) is 1. The van der Waals surface area contributed by atoms with E-state index in [0.717, 1.165) is 24.0 Å². The molecule has 1 saturated heterocycles. The van der Waals surface area contributed by atoms with E-state index in [0.29, 0.717) is 29.6 Å². The van der Waals surface area contributed by atoms with E-state index in [-0.39, 0.29) is 5.91 Å². The van der Waals surface area contributed by atoms with Crippen LogP contribution in [0.2, 0.25) is 5.02 Å². The molecule has 0 atom stereocenters. The highest BCUT2D eigenvalue weighted by Crippen LogP contribution is 2.23. The van der Waals surface area contributed by atoms with E-state index in [1.54, 1.807) is 30.7 Å². The van der Waals surface area contributed by atoms with Crippen LogP contribution in [-0.4, -0.2) is 51.9 Å². The number of fused-ring (bicyclic) bond motifs is 1. The Labute approximate surface area is 144 Å². The molecule has 0 unspecified atom stereocenters. The van der Waals surface area contributed by atoms with Crippen molar-refractivity contribution in [3.8, 4) is 0 Å². The molecule has 3 heterocycles. The smallest absolute Gasteiger partial charge is 0.256 e. The third-order valence-corrected chi connectivity index (χ3v) is 4.51. The zero-order valence-corrected chi connectivity index (χ0v) is 13.7. The van der Waals surface area contributed by atoms with Gasteiger partial charge >= 0.3 is 0 Å². The van der Waals surface area contributed by atoms with Crippen LogP contribution in [0, 0.1) is 0 Å². The van der Waals surface area contributed by atoms with E-state index in [4.69, 9.17) is 11.6 Å². The number of H-pyrrole nitrogens is 1. The molecule has 0 aliphatic carbocycles. The Balaban J connectivity index is 1.50. The van der Waals surface area contributed by atoms with Crippen molar-refractivity contribution in [2.45, 2.75) is 0 Å². The summed E-state index contributed by atoms with van der Waals surface area (Å²) in [5.41, 5.74) is 1.56. The van der Waals surface area contributed by atoms with Crippen LogP contribution in [0.25, 0.3) is 10.9 Å². The summed E-state index contributed by atoms with van der Waals surface area (Å²) in [6, 6.07) is 7.32. The first-order valence-electron chi connectivity index (χ1n) is 7.80. The van der Waals surface area contributed by atoms with Gasteiger partial charge in [-0.15, -0.1) is 0 Å². The van der Waals surface area contributed by atoms with Crippen molar-refractivity contribution in [3.63, 3.8) is 0 Å². The molecular formula is C17H16ClN5O. The number of nitrogens with one attached hydrogen (secondary N) is 1. The van der Waals surface area contributed by atoms with Gasteiger partial charge in [-0.25, -0.2) is 9.97 Å². The van der Waals surface area contributed by atoms with Gasteiger partial charge in [0, 0.05) is 60.7 Å². The first-order chi connectivity index (χ1) is 11.7. The summed E-state index contributed by atoms with van der Waals surface area (Å²) >= 11 is 6.00. The van der Waals surface area contributed by atoms with Gasteiger partial charge in [-0.1, -0.05) is 17.7 Å². The highest BCUT2D eigenvalue weighted by atomic mass is 35.5. The zero-order chi connectivity index (χ0) is 16.5. The fraction of sp³-hybridized carbons (Fsp3) is 0.235. The molecule has 0 spiro atoms. The molecule has 1 aliphatic rings. The van der Waals surface area contributed by atoms with Gasteiger partial charge < -0.3 is 14.8 Å². The predicted molar refractivity (Wildman–Crippen MR) is 93.5 cm³/mol. The van der Waals surface area contributed by atoms with E-state index >= 15 is 0 Å². The lowest BCUT2D eigenvalue weighted by atomic mass is 10.1. The molecular weight excluding hydrogens is 326 g/mol. The highest BCUT2D eigenvalue weighted by molar-refractivity contribution is 6.31. The van der Waals surface area contributed by atoms with Gasteiger partial charge in [0.1, 0.15) is 0 Å². The van der Waals surface area contributed by atoms with Crippen LogP contribution in [0.3, 0.4) is 0 Å². The molecule has 1 amide bonds. The van der Waals surface area contributed by atoms with Crippen molar-refractivity contribution in [2.24, 2.45) is 0 Å². The van der Waals surface area contributed by atoms with Crippen molar-refractivity contribution in [3.05, 3.63) is 53.4 Å². The van der Waals surface area contributed by atoms with E-state index in [2.05, 4.69) is 19.9 Å². The molecule has 4 rings (SSSR count). The molecule has 0 radical (unpaired) electrons. The number of rotatable bonds is 2.